The molecule has 0 aromatic carbocycles. The van der Waals surface area contributed by atoms with Gasteiger partial charge in [-0.3, -0.25) is 19.5 Å². The molecule has 0 N–H and O–H groups in total. The van der Waals surface area contributed by atoms with E-state index in [1.54, 1.807) is 36.3 Å². The standard InChI is InChI=1S/C15H19N9O2S/c1-5-21-7-6-13(20-21)8-16-23-12(4)17-18-15(23)27-9-22-11(3)14(24(25)26)10(2)19-22/h6-8H,5,9H2,1-4H3/b16-8+. The van der Waals surface area contributed by atoms with Crippen molar-refractivity contribution in [1.29, 1.82) is 0 Å². The van der Waals surface area contributed by atoms with Crippen LogP contribution in [0, 0.1) is 30.9 Å². The molecule has 27 heavy (non-hydrogen) atoms. The zero-order chi connectivity index (χ0) is 19.6. The summed E-state index contributed by atoms with van der Waals surface area (Å²) in [7, 11) is 0. The molecule has 0 spiro atoms. The van der Waals surface area contributed by atoms with Crippen molar-refractivity contribution in [3.63, 3.8) is 0 Å². The lowest BCUT2D eigenvalue weighted by molar-refractivity contribution is -0.386. The number of hydrogen-bond donors (Lipinski definition) is 0. The monoisotopic (exact) mass is 389 g/mol. The summed E-state index contributed by atoms with van der Waals surface area (Å²) < 4.78 is 5.00. The third kappa shape index (κ3) is 3.89. The van der Waals surface area contributed by atoms with Gasteiger partial charge in [-0.15, -0.1) is 10.2 Å². The molecule has 0 atom stereocenters. The Morgan fingerprint density at radius 3 is 2.70 bits per heavy atom. The average Bonchev–Trinajstić information content (AvgIpc) is 3.29. The molecular formula is C15H19N9O2S. The second kappa shape index (κ2) is 7.70. The van der Waals surface area contributed by atoms with Crippen LogP contribution in [0.2, 0.25) is 0 Å². The van der Waals surface area contributed by atoms with Crippen LogP contribution >= 0.6 is 11.8 Å². The molecule has 0 amide bonds. The van der Waals surface area contributed by atoms with E-state index in [4.69, 9.17) is 0 Å². The molecule has 0 aliphatic carbocycles. The van der Waals surface area contributed by atoms with Crippen molar-refractivity contribution in [2.24, 2.45) is 5.10 Å². The Morgan fingerprint density at radius 2 is 2.07 bits per heavy atom. The molecule has 0 saturated heterocycles. The number of thioether (sulfide) groups is 1. The van der Waals surface area contributed by atoms with Crippen LogP contribution in [0.4, 0.5) is 5.69 Å². The Balaban J connectivity index is 1.77. The maximum absolute atomic E-state index is 11.1. The van der Waals surface area contributed by atoms with E-state index in [2.05, 4.69) is 25.5 Å². The summed E-state index contributed by atoms with van der Waals surface area (Å²) in [4.78, 5) is 10.7. The van der Waals surface area contributed by atoms with E-state index in [0.29, 0.717) is 28.2 Å². The maximum atomic E-state index is 11.1. The van der Waals surface area contributed by atoms with Crippen LogP contribution in [0.15, 0.2) is 22.5 Å². The molecule has 3 rings (SSSR count). The Hall–Kier alpha value is -3.02. The van der Waals surface area contributed by atoms with Gasteiger partial charge < -0.3 is 0 Å². The van der Waals surface area contributed by atoms with Crippen molar-refractivity contribution in [1.82, 2.24) is 34.4 Å². The van der Waals surface area contributed by atoms with Crippen molar-refractivity contribution in [3.05, 3.63) is 45.3 Å². The molecular weight excluding hydrogens is 370 g/mol. The molecule has 0 aliphatic rings. The Labute approximate surface area is 159 Å². The average molecular weight is 389 g/mol. The minimum atomic E-state index is -0.411. The molecule has 142 valence electrons. The summed E-state index contributed by atoms with van der Waals surface area (Å²) in [6.07, 6.45) is 3.52. The number of aromatic nitrogens is 7. The number of nitrogens with zero attached hydrogens (tertiary/aromatic N) is 9. The number of hydrogen-bond acceptors (Lipinski definition) is 8. The summed E-state index contributed by atoms with van der Waals surface area (Å²) >= 11 is 1.34. The predicted octanol–water partition coefficient (Wildman–Crippen LogP) is 2.16. The van der Waals surface area contributed by atoms with E-state index in [-0.39, 0.29) is 5.69 Å². The fourth-order valence-electron chi connectivity index (χ4n) is 2.50. The molecule has 0 fully saturated rings. The first-order valence-electron chi connectivity index (χ1n) is 8.21. The highest BCUT2D eigenvalue weighted by molar-refractivity contribution is 7.98. The molecule has 11 nitrogen and oxygen atoms in total. The maximum Gasteiger partial charge on any atom is 0.312 e. The molecule has 3 aromatic rings. The fraction of sp³-hybridized carbons (Fsp3) is 0.400. The number of nitro groups is 1. The van der Waals surface area contributed by atoms with Crippen LogP contribution in [0.25, 0.3) is 0 Å². The highest BCUT2D eigenvalue weighted by Crippen LogP contribution is 2.25. The first-order valence-corrected chi connectivity index (χ1v) is 9.20. The summed E-state index contributed by atoms with van der Waals surface area (Å²) in [5.41, 5.74) is 1.66. The van der Waals surface area contributed by atoms with E-state index < -0.39 is 4.92 Å². The molecule has 0 saturated carbocycles. The lowest BCUT2D eigenvalue weighted by Crippen LogP contribution is -2.03. The van der Waals surface area contributed by atoms with Gasteiger partial charge in [0.05, 0.1) is 17.0 Å². The Morgan fingerprint density at radius 1 is 1.30 bits per heavy atom. The van der Waals surface area contributed by atoms with Crippen LogP contribution < -0.4 is 0 Å². The van der Waals surface area contributed by atoms with E-state index in [0.717, 1.165) is 12.2 Å². The highest BCUT2D eigenvalue weighted by Gasteiger charge is 2.22. The lowest BCUT2D eigenvalue weighted by atomic mass is 10.3. The summed E-state index contributed by atoms with van der Waals surface area (Å²) in [5.74, 6) is 0.988. The van der Waals surface area contributed by atoms with Crippen molar-refractivity contribution in [2.45, 2.75) is 45.3 Å². The summed E-state index contributed by atoms with van der Waals surface area (Å²) in [6, 6.07) is 1.87. The third-order valence-corrected chi connectivity index (χ3v) is 4.79. The molecule has 3 aromatic heterocycles. The van der Waals surface area contributed by atoms with E-state index in [1.165, 1.54) is 11.8 Å². The molecule has 3 heterocycles. The SMILES string of the molecule is CCn1ccc(/C=N/n2c(C)nnc2SCn2nc(C)c([N+](=O)[O-])c2C)n1. The van der Waals surface area contributed by atoms with Crippen LogP contribution in [-0.4, -0.2) is 45.6 Å². The van der Waals surface area contributed by atoms with Crippen LogP contribution in [0.1, 0.15) is 29.8 Å². The van der Waals surface area contributed by atoms with Gasteiger partial charge in [-0.1, -0.05) is 11.8 Å². The van der Waals surface area contributed by atoms with Gasteiger partial charge in [-0.25, -0.2) is 0 Å². The van der Waals surface area contributed by atoms with Gasteiger partial charge in [0, 0.05) is 12.7 Å². The van der Waals surface area contributed by atoms with Gasteiger partial charge >= 0.3 is 5.69 Å². The van der Waals surface area contributed by atoms with Crippen molar-refractivity contribution in [2.75, 3.05) is 0 Å². The quantitative estimate of drug-likeness (QED) is 0.263. The highest BCUT2D eigenvalue weighted by atomic mass is 32.2. The first kappa shape index (κ1) is 18.8. The van der Waals surface area contributed by atoms with Crippen molar-refractivity contribution < 1.29 is 4.92 Å². The van der Waals surface area contributed by atoms with Crippen LogP contribution in [-0.2, 0) is 12.4 Å². The second-order valence-electron chi connectivity index (χ2n) is 5.73. The van der Waals surface area contributed by atoms with Gasteiger partial charge in [-0.2, -0.15) is 20.0 Å². The van der Waals surface area contributed by atoms with E-state index >= 15 is 0 Å². The third-order valence-electron chi connectivity index (χ3n) is 3.90. The normalized spacial score (nSPS) is 11.6. The van der Waals surface area contributed by atoms with Gasteiger partial charge in [0.15, 0.2) is 5.82 Å². The molecule has 0 aliphatic heterocycles. The zero-order valence-corrected chi connectivity index (χ0v) is 16.2. The molecule has 12 heteroatoms. The summed E-state index contributed by atoms with van der Waals surface area (Å²) in [6.45, 7) is 7.90. The van der Waals surface area contributed by atoms with Crippen molar-refractivity contribution in [3.8, 4) is 0 Å². The first-order chi connectivity index (χ1) is 12.9. The molecule has 0 radical (unpaired) electrons. The van der Waals surface area contributed by atoms with Crippen molar-refractivity contribution >= 4 is 23.7 Å². The predicted molar refractivity (Wildman–Crippen MR) is 99.9 cm³/mol. The zero-order valence-electron chi connectivity index (χ0n) is 15.4. The smallest absolute Gasteiger partial charge is 0.272 e. The van der Waals surface area contributed by atoms with Crippen LogP contribution in [0.3, 0.4) is 0 Å². The van der Waals surface area contributed by atoms with Gasteiger partial charge in [0.2, 0.25) is 5.16 Å². The van der Waals surface area contributed by atoms with Gasteiger partial charge in [0.1, 0.15) is 17.1 Å². The molecule has 0 unspecified atom stereocenters. The van der Waals surface area contributed by atoms with Gasteiger partial charge in [-0.05, 0) is 33.8 Å². The molecule has 0 bridgehead atoms. The van der Waals surface area contributed by atoms with Gasteiger partial charge in [0.25, 0.3) is 0 Å². The fourth-order valence-corrected chi connectivity index (χ4v) is 3.39. The van der Waals surface area contributed by atoms with E-state index in [9.17, 15) is 10.1 Å². The minimum Gasteiger partial charge on any atom is -0.272 e. The number of rotatable bonds is 7. The Kier molecular flexibility index (Phi) is 5.35. The Bertz CT molecular complexity index is 1000. The largest absolute Gasteiger partial charge is 0.312 e. The minimum absolute atomic E-state index is 0.0396. The lowest BCUT2D eigenvalue weighted by Gasteiger charge is -2.03. The van der Waals surface area contributed by atoms with E-state index in [1.807, 2.05) is 23.9 Å². The second-order valence-corrected chi connectivity index (χ2v) is 6.64. The summed E-state index contributed by atoms with van der Waals surface area (Å²) in [5, 5.41) is 32.8. The van der Waals surface area contributed by atoms with Crippen LogP contribution in [0.5, 0.6) is 0 Å². The number of aryl methyl sites for hydroxylation is 3. The topological polar surface area (TPSA) is 122 Å².